The topological polar surface area (TPSA) is 99.2 Å². The van der Waals surface area contributed by atoms with Crippen molar-refractivity contribution in [2.75, 3.05) is 24.5 Å². The van der Waals surface area contributed by atoms with E-state index in [9.17, 15) is 22.2 Å². The first kappa shape index (κ1) is 22.8. The van der Waals surface area contributed by atoms with Crippen molar-refractivity contribution in [3.63, 3.8) is 0 Å². The van der Waals surface area contributed by atoms with Gasteiger partial charge in [0.15, 0.2) is 0 Å². The largest absolute Gasteiger partial charge is 0.458 e. The molecule has 0 spiro atoms. The van der Waals surface area contributed by atoms with Gasteiger partial charge in [0.2, 0.25) is 0 Å². The van der Waals surface area contributed by atoms with Crippen molar-refractivity contribution in [2.45, 2.75) is 36.9 Å². The standard InChI is InChI=1S/C24H26FN3O5S/c1-15-2-7-22(34(30,31)32)20(12-15)28-14-21(17-3-5-18(25)6-4-17)33-24(28)23(29)26-19-13-27-10-8-16(19)9-11-27/h2-7,12,14,16,19,24H,8-11,13H2,1H3,(H,26,29)(H,30,31,32)/t19-,24?/m0/s1. The zero-order valence-electron chi connectivity index (χ0n) is 18.6. The SMILES string of the molecule is Cc1ccc(S(=O)(=O)O)c(N2C=C(c3ccc(F)cc3)OC2C(=O)N[C@H]2CN3CCC2CC3)c1. The van der Waals surface area contributed by atoms with Crippen molar-refractivity contribution in [1.29, 1.82) is 0 Å². The van der Waals surface area contributed by atoms with Crippen LogP contribution < -0.4 is 10.2 Å². The summed E-state index contributed by atoms with van der Waals surface area (Å²) in [7, 11) is -4.57. The van der Waals surface area contributed by atoms with E-state index in [-0.39, 0.29) is 22.4 Å². The Morgan fingerprint density at radius 3 is 2.47 bits per heavy atom. The maximum absolute atomic E-state index is 13.4. The Kier molecular flexibility index (Phi) is 5.83. The molecule has 1 amide bonds. The van der Waals surface area contributed by atoms with Gasteiger partial charge in [-0.15, -0.1) is 0 Å². The molecule has 3 fully saturated rings. The van der Waals surface area contributed by atoms with Crippen LogP contribution in [0.15, 0.2) is 53.6 Å². The molecule has 2 atom stereocenters. The van der Waals surface area contributed by atoms with Crippen LogP contribution in [0.4, 0.5) is 10.1 Å². The minimum Gasteiger partial charge on any atom is -0.458 e. The van der Waals surface area contributed by atoms with Crippen LogP contribution in [0, 0.1) is 18.7 Å². The molecule has 2 aromatic carbocycles. The maximum Gasteiger partial charge on any atom is 0.296 e. The zero-order chi connectivity index (χ0) is 24.0. The van der Waals surface area contributed by atoms with Crippen LogP contribution in [0.5, 0.6) is 0 Å². The van der Waals surface area contributed by atoms with Gasteiger partial charge >= 0.3 is 0 Å². The Bertz CT molecular complexity index is 1240. The van der Waals surface area contributed by atoms with Crippen molar-refractivity contribution < 1.29 is 26.9 Å². The molecule has 6 rings (SSSR count). The summed E-state index contributed by atoms with van der Waals surface area (Å²) in [6.45, 7) is 4.60. The molecule has 10 heteroatoms. The fraction of sp³-hybridized carbons (Fsp3) is 0.375. The molecule has 0 saturated carbocycles. The molecule has 0 aromatic heterocycles. The number of hydrogen-bond donors (Lipinski definition) is 2. The van der Waals surface area contributed by atoms with Crippen LogP contribution in [0.3, 0.4) is 0 Å². The molecule has 1 unspecified atom stereocenters. The Morgan fingerprint density at radius 2 is 1.85 bits per heavy atom. The summed E-state index contributed by atoms with van der Waals surface area (Å²) >= 11 is 0. The van der Waals surface area contributed by atoms with E-state index >= 15 is 0 Å². The maximum atomic E-state index is 13.4. The van der Waals surface area contributed by atoms with E-state index in [1.165, 1.54) is 41.4 Å². The Hall–Kier alpha value is -2.95. The number of halogens is 1. The molecule has 180 valence electrons. The molecule has 2 bridgehead atoms. The molecule has 4 aliphatic rings. The van der Waals surface area contributed by atoms with E-state index in [1.54, 1.807) is 19.1 Å². The third-order valence-corrected chi connectivity index (χ3v) is 7.66. The van der Waals surface area contributed by atoms with Crippen LogP contribution >= 0.6 is 0 Å². The van der Waals surface area contributed by atoms with E-state index < -0.39 is 28.1 Å². The molecule has 34 heavy (non-hydrogen) atoms. The lowest BCUT2D eigenvalue weighted by Crippen LogP contribution is -2.59. The van der Waals surface area contributed by atoms with Crippen LogP contribution in [-0.4, -0.2) is 55.7 Å². The number of benzene rings is 2. The minimum absolute atomic E-state index is 0.0196. The summed E-state index contributed by atoms with van der Waals surface area (Å²) in [5.41, 5.74) is 1.39. The molecule has 2 aromatic rings. The minimum atomic E-state index is -4.57. The number of hydrogen-bond acceptors (Lipinski definition) is 6. The number of nitrogens with one attached hydrogen (secondary N) is 1. The molecular formula is C24H26FN3O5S. The fourth-order valence-corrected chi connectivity index (χ4v) is 5.63. The van der Waals surface area contributed by atoms with E-state index in [0.29, 0.717) is 11.5 Å². The highest BCUT2D eigenvalue weighted by atomic mass is 32.2. The Labute approximate surface area is 197 Å². The van der Waals surface area contributed by atoms with Gasteiger partial charge in [0.05, 0.1) is 11.9 Å². The third kappa shape index (κ3) is 4.40. The molecule has 0 aliphatic carbocycles. The lowest BCUT2D eigenvalue weighted by Gasteiger charge is -2.45. The summed E-state index contributed by atoms with van der Waals surface area (Å²) in [5.74, 6) is -0.143. The second-order valence-electron chi connectivity index (χ2n) is 9.08. The summed E-state index contributed by atoms with van der Waals surface area (Å²) in [4.78, 5) is 16.8. The van der Waals surface area contributed by atoms with Gasteiger partial charge in [-0.25, -0.2) is 4.39 Å². The number of fused-ring (bicyclic) bond motifs is 3. The number of amides is 1. The number of nitrogens with zero attached hydrogens (tertiary/aromatic N) is 2. The lowest BCUT2D eigenvalue weighted by atomic mass is 9.84. The second kappa shape index (κ2) is 8.68. The summed E-state index contributed by atoms with van der Waals surface area (Å²) in [5, 5.41) is 3.09. The number of rotatable bonds is 5. The van der Waals surface area contributed by atoms with E-state index in [2.05, 4.69) is 10.2 Å². The second-order valence-corrected chi connectivity index (χ2v) is 10.5. The molecule has 4 aliphatic heterocycles. The number of aryl methyl sites for hydroxylation is 1. The summed E-state index contributed by atoms with van der Waals surface area (Å²) in [6, 6.07) is 10.0. The van der Waals surface area contributed by atoms with E-state index in [4.69, 9.17) is 4.74 Å². The van der Waals surface area contributed by atoms with Crippen molar-refractivity contribution in [1.82, 2.24) is 10.2 Å². The first-order valence-electron chi connectivity index (χ1n) is 11.2. The van der Waals surface area contributed by atoms with Gasteiger partial charge in [0.1, 0.15) is 16.5 Å². The number of piperidine rings is 3. The molecule has 0 radical (unpaired) electrons. The zero-order valence-corrected chi connectivity index (χ0v) is 19.5. The number of carbonyl (C=O) groups is 1. The lowest BCUT2D eigenvalue weighted by molar-refractivity contribution is -0.130. The van der Waals surface area contributed by atoms with E-state index in [1.807, 2.05) is 0 Å². The molecule has 3 saturated heterocycles. The van der Waals surface area contributed by atoms with Crippen molar-refractivity contribution >= 4 is 27.5 Å². The van der Waals surface area contributed by atoms with Crippen LogP contribution in [0.25, 0.3) is 5.76 Å². The average molecular weight is 488 g/mol. The summed E-state index contributed by atoms with van der Waals surface area (Å²) < 4.78 is 53.5. The van der Waals surface area contributed by atoms with Crippen LogP contribution in [-0.2, 0) is 19.6 Å². The number of anilines is 1. The first-order chi connectivity index (χ1) is 16.2. The van der Waals surface area contributed by atoms with Gasteiger partial charge in [0.25, 0.3) is 22.3 Å². The van der Waals surface area contributed by atoms with E-state index in [0.717, 1.165) is 38.0 Å². The average Bonchev–Trinajstić information content (AvgIpc) is 3.25. The molecule has 4 heterocycles. The van der Waals surface area contributed by atoms with Gasteiger partial charge in [-0.1, -0.05) is 6.07 Å². The molecular weight excluding hydrogens is 461 g/mol. The van der Waals surface area contributed by atoms with Crippen molar-refractivity contribution in [3.05, 3.63) is 65.6 Å². The first-order valence-corrected chi connectivity index (χ1v) is 12.7. The normalized spacial score (nSPS) is 26.2. The smallest absolute Gasteiger partial charge is 0.296 e. The third-order valence-electron chi connectivity index (χ3n) is 6.75. The molecule has 8 nitrogen and oxygen atoms in total. The summed E-state index contributed by atoms with van der Waals surface area (Å²) in [6.07, 6.45) is 2.35. The van der Waals surface area contributed by atoms with Crippen molar-refractivity contribution in [3.8, 4) is 0 Å². The monoisotopic (exact) mass is 487 g/mol. The van der Waals surface area contributed by atoms with Gasteiger partial charge in [-0.3, -0.25) is 14.2 Å². The van der Waals surface area contributed by atoms with Crippen molar-refractivity contribution in [2.24, 2.45) is 5.92 Å². The Morgan fingerprint density at radius 1 is 1.15 bits per heavy atom. The molecule has 2 N–H and O–H groups in total. The quantitative estimate of drug-likeness (QED) is 0.626. The highest BCUT2D eigenvalue weighted by molar-refractivity contribution is 7.86. The highest BCUT2D eigenvalue weighted by Crippen LogP contribution is 2.36. The highest BCUT2D eigenvalue weighted by Gasteiger charge is 2.40. The van der Waals surface area contributed by atoms with Gasteiger partial charge < -0.3 is 15.0 Å². The van der Waals surface area contributed by atoms with Crippen LogP contribution in [0.2, 0.25) is 0 Å². The van der Waals surface area contributed by atoms with Gasteiger partial charge in [0, 0.05) is 18.2 Å². The van der Waals surface area contributed by atoms with Gasteiger partial charge in [-0.05, 0) is 80.7 Å². The number of ether oxygens (including phenoxy) is 1. The predicted molar refractivity (Wildman–Crippen MR) is 124 cm³/mol. The fourth-order valence-electron chi connectivity index (χ4n) is 4.96. The Balaban J connectivity index is 1.51. The predicted octanol–water partition coefficient (Wildman–Crippen LogP) is 2.75. The number of carbonyl (C=O) groups excluding carboxylic acids is 1. The van der Waals surface area contributed by atoms with Crippen LogP contribution in [0.1, 0.15) is 24.0 Å². The van der Waals surface area contributed by atoms with Gasteiger partial charge in [-0.2, -0.15) is 8.42 Å².